The summed E-state index contributed by atoms with van der Waals surface area (Å²) in [6.45, 7) is 0. The quantitative estimate of drug-likeness (QED) is 0.294. The van der Waals surface area contributed by atoms with Crippen molar-refractivity contribution in [1.29, 1.82) is 0 Å². The Hall–Kier alpha value is -4.91. The second-order valence-corrected chi connectivity index (χ2v) is 7.01. The lowest BCUT2D eigenvalue weighted by molar-refractivity contribution is 0.0685. The summed E-state index contributed by atoms with van der Waals surface area (Å²) in [4.78, 5) is 33.9. The number of para-hydroxylation sites is 3. The van der Waals surface area contributed by atoms with Crippen molar-refractivity contribution in [3.05, 3.63) is 126 Å². The normalized spacial score (nSPS) is 9.76. The fourth-order valence-corrected chi connectivity index (χ4v) is 3.04. The zero-order valence-corrected chi connectivity index (χ0v) is 18.0. The minimum atomic E-state index is -1.12. The van der Waals surface area contributed by atoms with Gasteiger partial charge in [-0.3, -0.25) is 4.79 Å². The van der Waals surface area contributed by atoms with Gasteiger partial charge in [0, 0.05) is 11.4 Å². The first kappa shape index (κ1) is 23.7. The van der Waals surface area contributed by atoms with Crippen LogP contribution in [0.15, 0.2) is 109 Å². The number of benzene rings is 4. The van der Waals surface area contributed by atoms with Crippen molar-refractivity contribution < 1.29 is 24.6 Å². The molecule has 0 radical (unpaired) electrons. The monoisotopic (exact) mass is 454 g/mol. The number of amides is 1. The van der Waals surface area contributed by atoms with E-state index in [4.69, 9.17) is 10.2 Å². The van der Waals surface area contributed by atoms with E-state index in [9.17, 15) is 14.4 Å². The molecular weight excluding hydrogens is 432 g/mol. The van der Waals surface area contributed by atoms with Crippen molar-refractivity contribution in [2.24, 2.45) is 0 Å². The van der Waals surface area contributed by atoms with Gasteiger partial charge >= 0.3 is 11.9 Å². The van der Waals surface area contributed by atoms with Crippen LogP contribution in [0.4, 0.5) is 17.1 Å². The molecule has 0 saturated heterocycles. The van der Waals surface area contributed by atoms with E-state index in [-0.39, 0.29) is 16.7 Å². The highest BCUT2D eigenvalue weighted by Gasteiger charge is 2.15. The Morgan fingerprint density at radius 1 is 0.500 bits per heavy atom. The minimum absolute atomic E-state index is 0.00840. The van der Waals surface area contributed by atoms with E-state index >= 15 is 0 Å². The van der Waals surface area contributed by atoms with Crippen molar-refractivity contribution in [1.82, 2.24) is 0 Å². The molecule has 0 spiro atoms. The molecule has 0 heterocycles. The first-order valence-electron chi connectivity index (χ1n) is 10.3. The largest absolute Gasteiger partial charge is 0.478 e. The number of carboxylic acid groups (broad SMARTS) is 2. The third-order valence-electron chi connectivity index (χ3n) is 4.64. The Labute approximate surface area is 196 Å². The van der Waals surface area contributed by atoms with E-state index in [0.717, 1.165) is 5.69 Å². The van der Waals surface area contributed by atoms with Gasteiger partial charge in [0.25, 0.3) is 5.91 Å². The maximum absolute atomic E-state index is 12.0. The zero-order valence-electron chi connectivity index (χ0n) is 18.0. The maximum Gasteiger partial charge on any atom is 0.337 e. The number of carbonyl (C=O) groups is 3. The van der Waals surface area contributed by atoms with Gasteiger partial charge in [-0.05, 0) is 48.5 Å². The van der Waals surface area contributed by atoms with Crippen LogP contribution in [0.2, 0.25) is 0 Å². The van der Waals surface area contributed by atoms with E-state index in [1.807, 2.05) is 36.4 Å². The number of hydrogen-bond acceptors (Lipinski definition) is 4. The zero-order chi connectivity index (χ0) is 24.3. The summed E-state index contributed by atoms with van der Waals surface area (Å²) in [6.07, 6.45) is 0. The van der Waals surface area contributed by atoms with Crippen molar-refractivity contribution >= 4 is 34.9 Å². The fourth-order valence-electron chi connectivity index (χ4n) is 3.04. The van der Waals surface area contributed by atoms with Gasteiger partial charge in [-0.1, -0.05) is 60.7 Å². The van der Waals surface area contributed by atoms with E-state index in [1.165, 1.54) is 12.1 Å². The third kappa shape index (κ3) is 6.54. The molecule has 0 bridgehead atoms. The van der Waals surface area contributed by atoms with Crippen LogP contribution in [0.3, 0.4) is 0 Å². The maximum atomic E-state index is 12.0. The molecule has 34 heavy (non-hydrogen) atoms. The lowest BCUT2D eigenvalue weighted by atomic mass is 10.1. The molecule has 1 amide bonds. The van der Waals surface area contributed by atoms with E-state index in [0.29, 0.717) is 11.4 Å². The highest BCUT2D eigenvalue weighted by molar-refractivity contribution is 6.10. The molecule has 7 heteroatoms. The Morgan fingerprint density at radius 3 is 1.50 bits per heavy atom. The highest BCUT2D eigenvalue weighted by Crippen LogP contribution is 2.20. The second-order valence-electron chi connectivity index (χ2n) is 7.01. The van der Waals surface area contributed by atoms with Crippen LogP contribution in [0, 0.1) is 0 Å². The molecule has 4 aromatic carbocycles. The molecule has 0 fully saturated rings. The van der Waals surface area contributed by atoms with Crippen molar-refractivity contribution in [2.45, 2.75) is 0 Å². The Kier molecular flexibility index (Phi) is 8.13. The van der Waals surface area contributed by atoms with Crippen LogP contribution < -0.4 is 10.6 Å². The number of rotatable bonds is 6. The summed E-state index contributed by atoms with van der Waals surface area (Å²) in [7, 11) is 0. The summed E-state index contributed by atoms with van der Waals surface area (Å²) >= 11 is 0. The number of hydrogen-bond donors (Lipinski definition) is 4. The molecule has 0 atom stereocenters. The van der Waals surface area contributed by atoms with Gasteiger partial charge in [0.1, 0.15) is 0 Å². The second kappa shape index (κ2) is 11.6. The number of anilines is 3. The molecule has 170 valence electrons. The van der Waals surface area contributed by atoms with Crippen LogP contribution in [0.5, 0.6) is 0 Å². The molecule has 0 aliphatic rings. The first-order chi connectivity index (χ1) is 16.5. The van der Waals surface area contributed by atoms with E-state index < -0.39 is 17.8 Å². The molecule has 7 nitrogen and oxygen atoms in total. The third-order valence-corrected chi connectivity index (χ3v) is 4.64. The molecule has 0 aliphatic carbocycles. The van der Waals surface area contributed by atoms with Gasteiger partial charge in [0.15, 0.2) is 0 Å². The number of carbonyl (C=O) groups excluding carboxylic acids is 1. The summed E-state index contributed by atoms with van der Waals surface area (Å²) in [5.74, 6) is -2.48. The average Bonchev–Trinajstić information content (AvgIpc) is 2.86. The number of carboxylic acids is 2. The van der Waals surface area contributed by atoms with Gasteiger partial charge in [-0.15, -0.1) is 0 Å². The van der Waals surface area contributed by atoms with Crippen molar-refractivity contribution in [3.8, 4) is 0 Å². The molecule has 0 saturated carbocycles. The van der Waals surface area contributed by atoms with E-state index in [2.05, 4.69) is 10.6 Å². The topological polar surface area (TPSA) is 116 Å². The van der Waals surface area contributed by atoms with E-state index in [1.54, 1.807) is 60.7 Å². The van der Waals surface area contributed by atoms with Gasteiger partial charge in [-0.25, -0.2) is 9.59 Å². The van der Waals surface area contributed by atoms with Crippen LogP contribution in [0.1, 0.15) is 31.1 Å². The minimum Gasteiger partial charge on any atom is -0.478 e. The van der Waals surface area contributed by atoms with Crippen LogP contribution in [0.25, 0.3) is 0 Å². The van der Waals surface area contributed by atoms with Gasteiger partial charge in [0.05, 0.1) is 22.4 Å². The van der Waals surface area contributed by atoms with Crippen LogP contribution in [-0.4, -0.2) is 28.1 Å². The fraction of sp³-hybridized carbons (Fsp3) is 0. The van der Waals surface area contributed by atoms with Crippen molar-refractivity contribution in [2.75, 3.05) is 10.6 Å². The average molecular weight is 454 g/mol. The standard InChI is InChI=1S/C14H11NO3.C13H11NO2/c16-13(15-10-6-2-1-3-7-10)11-8-4-5-9-12(11)14(17)18;15-13(16)11-8-4-5-9-12(11)14-10-6-2-1-3-7-10/h1-9H,(H,15,16)(H,17,18);1-9,14H,(H,15,16). The summed E-state index contributed by atoms with van der Waals surface area (Å²) in [5, 5.41) is 23.7. The molecule has 0 aromatic heterocycles. The molecular formula is C27H22N2O5. The van der Waals surface area contributed by atoms with Crippen LogP contribution in [-0.2, 0) is 0 Å². The van der Waals surface area contributed by atoms with Gasteiger partial charge in [0.2, 0.25) is 0 Å². The Morgan fingerprint density at radius 2 is 0.941 bits per heavy atom. The number of nitrogens with one attached hydrogen (secondary N) is 2. The van der Waals surface area contributed by atoms with Crippen LogP contribution >= 0.6 is 0 Å². The first-order valence-corrected chi connectivity index (χ1v) is 10.3. The summed E-state index contributed by atoms with van der Waals surface area (Å²) in [5.41, 5.74) is 2.51. The highest BCUT2D eigenvalue weighted by atomic mass is 16.4. The molecule has 0 aliphatic heterocycles. The number of aromatic carboxylic acids is 2. The van der Waals surface area contributed by atoms with Gasteiger partial charge in [-0.2, -0.15) is 0 Å². The summed E-state index contributed by atoms with van der Waals surface area (Å²) in [6, 6.07) is 31.3. The van der Waals surface area contributed by atoms with Gasteiger partial charge < -0.3 is 20.8 Å². The summed E-state index contributed by atoms with van der Waals surface area (Å²) < 4.78 is 0. The Bertz CT molecular complexity index is 1270. The predicted molar refractivity (Wildman–Crippen MR) is 131 cm³/mol. The smallest absolute Gasteiger partial charge is 0.337 e. The Balaban J connectivity index is 0.000000192. The molecule has 4 rings (SSSR count). The van der Waals surface area contributed by atoms with Crippen molar-refractivity contribution in [3.63, 3.8) is 0 Å². The molecule has 4 N–H and O–H groups in total. The SMILES string of the molecule is O=C(O)c1ccccc1C(=O)Nc1ccccc1.O=C(O)c1ccccc1Nc1ccccc1. The molecule has 4 aromatic rings. The lowest BCUT2D eigenvalue weighted by Gasteiger charge is -2.08. The predicted octanol–water partition coefficient (Wildman–Crippen LogP) is 5.77. The lowest BCUT2D eigenvalue weighted by Crippen LogP contribution is -2.16. The molecule has 0 unspecified atom stereocenters.